The van der Waals surface area contributed by atoms with E-state index >= 15 is 4.39 Å². The fourth-order valence-corrected chi connectivity index (χ4v) is 4.21. The van der Waals surface area contributed by atoms with Gasteiger partial charge in [-0.2, -0.15) is 5.26 Å². The highest BCUT2D eigenvalue weighted by Gasteiger charge is 2.25. The van der Waals surface area contributed by atoms with Crippen LogP contribution >= 0.6 is 11.6 Å². The van der Waals surface area contributed by atoms with E-state index in [9.17, 15) is 13.2 Å². The summed E-state index contributed by atoms with van der Waals surface area (Å²) < 4.78 is 57.8. The van der Waals surface area contributed by atoms with E-state index in [1.807, 2.05) is 12.1 Å². The lowest BCUT2D eigenvalue weighted by Gasteiger charge is -2.20. The third-order valence-corrected chi connectivity index (χ3v) is 5.55. The number of nitrogens with zero attached hydrogens (tertiary/aromatic N) is 1. The first-order valence-electron chi connectivity index (χ1n) is 9.55. The van der Waals surface area contributed by atoms with E-state index in [1.165, 1.54) is 12.1 Å². The van der Waals surface area contributed by atoms with Crippen molar-refractivity contribution in [2.75, 3.05) is 0 Å². The van der Waals surface area contributed by atoms with Crippen LogP contribution in [-0.4, -0.2) is 0 Å². The monoisotopic (exact) mass is 451 g/mol. The van der Waals surface area contributed by atoms with E-state index < -0.39 is 28.8 Å². The summed E-state index contributed by atoms with van der Waals surface area (Å²) in [4.78, 5) is 0. The second kappa shape index (κ2) is 8.49. The van der Waals surface area contributed by atoms with Crippen molar-refractivity contribution in [1.82, 2.24) is 0 Å². The second-order valence-electron chi connectivity index (χ2n) is 7.22. The van der Waals surface area contributed by atoms with Gasteiger partial charge in [0.15, 0.2) is 0 Å². The van der Waals surface area contributed by atoms with Crippen molar-refractivity contribution in [2.45, 2.75) is 6.92 Å². The minimum atomic E-state index is -1.12. The molecule has 0 atom stereocenters. The van der Waals surface area contributed by atoms with Crippen molar-refractivity contribution in [3.8, 4) is 39.4 Å². The van der Waals surface area contributed by atoms with Crippen LogP contribution in [0.1, 0.15) is 11.1 Å². The second-order valence-corrected chi connectivity index (χ2v) is 7.60. The molecule has 0 fully saturated rings. The van der Waals surface area contributed by atoms with E-state index in [0.717, 1.165) is 6.07 Å². The molecule has 0 bridgehead atoms. The van der Waals surface area contributed by atoms with Crippen LogP contribution in [0, 0.1) is 41.5 Å². The zero-order valence-electron chi connectivity index (χ0n) is 16.7. The minimum Gasteiger partial charge on any atom is -0.207 e. The van der Waals surface area contributed by atoms with Gasteiger partial charge in [-0.3, -0.25) is 0 Å². The number of rotatable bonds is 3. The van der Waals surface area contributed by atoms with Crippen molar-refractivity contribution < 1.29 is 17.6 Å². The summed E-state index contributed by atoms with van der Waals surface area (Å²) in [6.07, 6.45) is 0. The Morgan fingerprint density at radius 2 is 1.38 bits per heavy atom. The Labute approximate surface area is 187 Å². The first kappa shape index (κ1) is 21.6. The van der Waals surface area contributed by atoms with Crippen molar-refractivity contribution in [3.05, 3.63) is 106 Å². The van der Waals surface area contributed by atoms with Gasteiger partial charge in [-0.05, 0) is 35.7 Å². The Morgan fingerprint density at radius 3 is 1.97 bits per heavy atom. The lowest BCUT2D eigenvalue weighted by atomic mass is 9.87. The summed E-state index contributed by atoms with van der Waals surface area (Å²) in [6, 6.07) is 17.6. The quantitative estimate of drug-likeness (QED) is 0.289. The van der Waals surface area contributed by atoms with Gasteiger partial charge in [-0.1, -0.05) is 54.1 Å². The van der Waals surface area contributed by atoms with Crippen molar-refractivity contribution in [1.29, 1.82) is 5.26 Å². The van der Waals surface area contributed by atoms with E-state index in [1.54, 1.807) is 37.3 Å². The first-order chi connectivity index (χ1) is 15.3. The predicted octanol–water partition coefficient (Wildman–Crippen LogP) is 8.08. The topological polar surface area (TPSA) is 23.8 Å². The molecule has 4 aromatic carbocycles. The van der Waals surface area contributed by atoms with Crippen molar-refractivity contribution in [2.24, 2.45) is 0 Å². The number of hydrogen-bond acceptors (Lipinski definition) is 1. The number of aryl methyl sites for hydroxylation is 1. The highest BCUT2D eigenvalue weighted by Crippen LogP contribution is 2.46. The maximum atomic E-state index is 15.0. The fraction of sp³-hybridized carbons (Fsp3) is 0.0385. The van der Waals surface area contributed by atoms with Gasteiger partial charge in [0.05, 0.1) is 22.2 Å². The number of hydrogen-bond donors (Lipinski definition) is 0. The Kier molecular flexibility index (Phi) is 5.73. The number of benzene rings is 4. The summed E-state index contributed by atoms with van der Waals surface area (Å²) in [7, 11) is 0. The molecule has 4 rings (SSSR count). The molecule has 4 aromatic rings. The van der Waals surface area contributed by atoms with Crippen molar-refractivity contribution >= 4 is 11.6 Å². The lowest BCUT2D eigenvalue weighted by Crippen LogP contribution is -2.00. The van der Waals surface area contributed by atoms with Crippen LogP contribution in [0.2, 0.25) is 5.02 Å². The van der Waals surface area contributed by atoms with Gasteiger partial charge < -0.3 is 0 Å². The maximum absolute atomic E-state index is 15.0. The van der Waals surface area contributed by atoms with Gasteiger partial charge in [0.2, 0.25) is 0 Å². The SMILES string of the molecule is Cc1cc(-c2ccccc2)c(-c2ccc(C#N)cc2F)c(Cl)c1-c1c(F)cc(F)cc1F. The molecular weight excluding hydrogens is 438 g/mol. The molecular formula is C26H14ClF4N. The van der Waals surface area contributed by atoms with Gasteiger partial charge >= 0.3 is 0 Å². The van der Waals surface area contributed by atoms with Crippen molar-refractivity contribution in [3.63, 3.8) is 0 Å². The van der Waals surface area contributed by atoms with Crippen LogP contribution in [0.4, 0.5) is 17.6 Å². The summed E-state index contributed by atoms with van der Waals surface area (Å²) in [5, 5.41) is 8.98. The highest BCUT2D eigenvalue weighted by molar-refractivity contribution is 6.37. The molecule has 0 spiro atoms. The molecule has 0 amide bonds. The molecule has 0 saturated carbocycles. The highest BCUT2D eigenvalue weighted by atomic mass is 35.5. The molecule has 0 heterocycles. The van der Waals surface area contributed by atoms with Gasteiger partial charge in [-0.25, -0.2) is 17.6 Å². The smallest absolute Gasteiger partial charge is 0.136 e. The largest absolute Gasteiger partial charge is 0.207 e. The van der Waals surface area contributed by atoms with E-state index in [4.69, 9.17) is 16.9 Å². The van der Waals surface area contributed by atoms with Gasteiger partial charge in [0, 0.05) is 28.8 Å². The average molecular weight is 452 g/mol. The van der Waals surface area contributed by atoms with Gasteiger partial charge in [0.25, 0.3) is 0 Å². The van der Waals surface area contributed by atoms with E-state index in [2.05, 4.69) is 0 Å². The average Bonchev–Trinajstić information content (AvgIpc) is 2.76. The lowest BCUT2D eigenvalue weighted by molar-refractivity contribution is 0.548. The molecule has 0 N–H and O–H groups in total. The van der Waals surface area contributed by atoms with E-state index in [-0.39, 0.29) is 27.3 Å². The third kappa shape index (κ3) is 3.74. The number of nitriles is 1. The molecule has 1 nitrogen and oxygen atoms in total. The van der Waals surface area contributed by atoms with Gasteiger partial charge in [0.1, 0.15) is 23.3 Å². The van der Waals surface area contributed by atoms with E-state index in [0.29, 0.717) is 28.8 Å². The normalized spacial score (nSPS) is 10.8. The molecule has 0 aliphatic carbocycles. The molecule has 32 heavy (non-hydrogen) atoms. The van der Waals surface area contributed by atoms with Crippen LogP contribution in [-0.2, 0) is 0 Å². The third-order valence-electron chi connectivity index (χ3n) is 5.17. The van der Waals surface area contributed by atoms with Crippen LogP contribution in [0.5, 0.6) is 0 Å². The zero-order chi connectivity index (χ0) is 23.0. The molecule has 0 unspecified atom stereocenters. The molecule has 0 saturated heterocycles. The minimum absolute atomic E-state index is 0.0000995. The Hall–Kier alpha value is -3.62. The Balaban J connectivity index is 2.12. The fourth-order valence-electron chi connectivity index (χ4n) is 3.76. The number of halogens is 5. The predicted molar refractivity (Wildman–Crippen MR) is 117 cm³/mol. The van der Waals surface area contributed by atoms with Crippen LogP contribution in [0.15, 0.2) is 66.7 Å². The van der Waals surface area contributed by atoms with Crippen LogP contribution < -0.4 is 0 Å². The standard InChI is InChI=1S/C26H14ClF4N/c1-14-9-19(16-5-3-2-4-6-16)24(18-8-7-15(13-32)10-20(18)29)26(27)23(14)25-21(30)11-17(28)12-22(25)31/h2-12H,1H3. The molecule has 158 valence electrons. The first-order valence-corrected chi connectivity index (χ1v) is 9.93. The van der Waals surface area contributed by atoms with Crippen LogP contribution in [0.3, 0.4) is 0 Å². The van der Waals surface area contributed by atoms with Crippen LogP contribution in [0.25, 0.3) is 33.4 Å². The maximum Gasteiger partial charge on any atom is 0.136 e. The zero-order valence-corrected chi connectivity index (χ0v) is 17.4. The van der Waals surface area contributed by atoms with Gasteiger partial charge in [-0.15, -0.1) is 0 Å². The summed E-state index contributed by atoms with van der Waals surface area (Å²) in [5.41, 5.74) is 1.58. The molecule has 0 radical (unpaired) electrons. The summed E-state index contributed by atoms with van der Waals surface area (Å²) in [5.74, 6) is -4.01. The Bertz CT molecular complexity index is 1370. The molecule has 0 aliphatic heterocycles. The molecule has 0 aliphatic rings. The summed E-state index contributed by atoms with van der Waals surface area (Å²) >= 11 is 6.71. The summed E-state index contributed by atoms with van der Waals surface area (Å²) in [6.45, 7) is 1.62. The Morgan fingerprint density at radius 1 is 0.719 bits per heavy atom. The molecule has 0 aromatic heterocycles. The molecule has 6 heteroatoms.